The molecule has 6 N–H and O–H groups in total. The topological polar surface area (TPSA) is 145 Å². The number of nitrogens with two attached hydrogens (primary N) is 3. The summed E-state index contributed by atoms with van der Waals surface area (Å²) in [6.07, 6.45) is 3.14. The molecule has 0 aliphatic rings. The number of nitrogen functional groups attached to an aromatic ring is 1. The molecular weight excluding hydrogens is 294 g/mol. The van der Waals surface area contributed by atoms with E-state index in [9.17, 15) is 14.4 Å². The molecule has 8 nitrogen and oxygen atoms in total. The van der Waals surface area contributed by atoms with Gasteiger partial charge in [-0.05, 0) is 6.07 Å². The van der Waals surface area contributed by atoms with Gasteiger partial charge in [-0.3, -0.25) is 19.4 Å². The van der Waals surface area contributed by atoms with Crippen LogP contribution >= 0.6 is 11.3 Å². The fraction of sp³-hybridized carbons (Fsp3) is 0.167. The first-order chi connectivity index (χ1) is 9.90. The van der Waals surface area contributed by atoms with Gasteiger partial charge in [0.2, 0.25) is 11.8 Å². The Bertz CT molecular complexity index is 711. The van der Waals surface area contributed by atoms with Crippen LogP contribution in [0.4, 0.5) is 5.69 Å². The predicted octanol–water partition coefficient (Wildman–Crippen LogP) is -0.709. The van der Waals surface area contributed by atoms with Crippen LogP contribution in [0.25, 0.3) is 10.1 Å². The molecule has 0 aromatic carbocycles. The zero-order valence-electron chi connectivity index (χ0n) is 10.9. The summed E-state index contributed by atoms with van der Waals surface area (Å²) in [6, 6.07) is 1.68. The molecule has 9 heteroatoms. The molecule has 2 heterocycles. The van der Waals surface area contributed by atoms with Gasteiger partial charge in [-0.15, -0.1) is 11.3 Å². The summed E-state index contributed by atoms with van der Waals surface area (Å²) in [4.78, 5) is 39.6. The van der Waals surface area contributed by atoms with Gasteiger partial charge < -0.3 is 22.1 Å². The summed E-state index contributed by atoms with van der Waals surface area (Å²) in [5.41, 5.74) is 16.4. The quantitative estimate of drug-likeness (QED) is 0.668. The van der Waals surface area contributed by atoms with E-state index in [2.05, 4.69) is 4.98 Å². The van der Waals surface area contributed by atoms with E-state index in [1.54, 1.807) is 18.5 Å². The number of amides is 3. The van der Waals surface area contributed by atoms with Gasteiger partial charge in [0, 0.05) is 17.8 Å². The minimum Gasteiger partial charge on any atom is -0.397 e. The third-order valence-electron chi connectivity index (χ3n) is 2.71. The molecule has 0 saturated heterocycles. The number of primary amides is 2. The van der Waals surface area contributed by atoms with Crippen LogP contribution in [-0.4, -0.2) is 40.7 Å². The number of rotatable bonds is 5. The zero-order valence-corrected chi connectivity index (χ0v) is 11.7. The van der Waals surface area contributed by atoms with Crippen LogP contribution in [0.3, 0.4) is 0 Å². The molecule has 0 aliphatic carbocycles. The maximum atomic E-state index is 12.4. The van der Waals surface area contributed by atoms with Crippen molar-refractivity contribution in [3.8, 4) is 0 Å². The first kappa shape index (κ1) is 14.7. The lowest BCUT2D eigenvalue weighted by molar-refractivity contribution is -0.121. The van der Waals surface area contributed by atoms with Gasteiger partial charge in [0.25, 0.3) is 5.91 Å². The van der Waals surface area contributed by atoms with Crippen LogP contribution < -0.4 is 17.2 Å². The SMILES string of the molecule is NC(=O)CN(CC(N)=O)C(=O)c1sc2cnccc2c1N. The molecule has 3 amide bonds. The van der Waals surface area contributed by atoms with Crippen LogP contribution in [0, 0.1) is 0 Å². The van der Waals surface area contributed by atoms with Crippen molar-refractivity contribution >= 4 is 44.8 Å². The summed E-state index contributed by atoms with van der Waals surface area (Å²) in [6.45, 7) is -0.818. The minimum atomic E-state index is -0.744. The Hall–Kier alpha value is -2.68. The third kappa shape index (κ3) is 3.08. The molecule has 2 rings (SSSR count). The maximum absolute atomic E-state index is 12.4. The number of fused-ring (bicyclic) bond motifs is 1. The Morgan fingerprint density at radius 3 is 2.33 bits per heavy atom. The largest absolute Gasteiger partial charge is 0.397 e. The molecule has 0 unspecified atom stereocenters. The molecular formula is C12H13N5O3S. The van der Waals surface area contributed by atoms with Gasteiger partial charge in [0.15, 0.2) is 0 Å². The van der Waals surface area contributed by atoms with E-state index in [0.717, 1.165) is 20.9 Å². The second-order valence-electron chi connectivity index (χ2n) is 4.31. The van der Waals surface area contributed by atoms with E-state index in [1.807, 2.05) is 0 Å². The number of hydrogen-bond acceptors (Lipinski definition) is 6. The molecule has 0 atom stereocenters. The van der Waals surface area contributed by atoms with Gasteiger partial charge in [0.1, 0.15) is 18.0 Å². The fourth-order valence-electron chi connectivity index (χ4n) is 1.85. The van der Waals surface area contributed by atoms with E-state index in [-0.39, 0.29) is 10.6 Å². The molecule has 2 aromatic heterocycles. The zero-order chi connectivity index (χ0) is 15.6. The van der Waals surface area contributed by atoms with Crippen molar-refractivity contribution in [2.24, 2.45) is 11.5 Å². The summed E-state index contributed by atoms with van der Waals surface area (Å²) in [5.74, 6) is -2.05. The smallest absolute Gasteiger partial charge is 0.267 e. The Morgan fingerprint density at radius 1 is 1.19 bits per heavy atom. The van der Waals surface area contributed by atoms with Crippen LogP contribution in [0.5, 0.6) is 0 Å². The fourth-order valence-corrected chi connectivity index (χ4v) is 2.91. The van der Waals surface area contributed by atoms with Crippen molar-refractivity contribution < 1.29 is 14.4 Å². The summed E-state index contributed by atoms with van der Waals surface area (Å²) in [7, 11) is 0. The van der Waals surface area contributed by atoms with Gasteiger partial charge in [-0.1, -0.05) is 0 Å². The molecule has 0 saturated carbocycles. The van der Waals surface area contributed by atoms with Crippen molar-refractivity contribution in [1.82, 2.24) is 9.88 Å². The van der Waals surface area contributed by atoms with Crippen LogP contribution in [0.2, 0.25) is 0 Å². The number of hydrogen-bond donors (Lipinski definition) is 3. The first-order valence-electron chi connectivity index (χ1n) is 5.88. The van der Waals surface area contributed by atoms with Gasteiger partial charge in [-0.2, -0.15) is 0 Å². The van der Waals surface area contributed by atoms with E-state index in [1.165, 1.54) is 0 Å². The summed E-state index contributed by atoms with van der Waals surface area (Å²) < 4.78 is 0.733. The van der Waals surface area contributed by atoms with Crippen molar-refractivity contribution in [1.29, 1.82) is 0 Å². The predicted molar refractivity (Wildman–Crippen MR) is 78.3 cm³/mol. The summed E-state index contributed by atoms with van der Waals surface area (Å²) in [5, 5.41) is 0.691. The van der Waals surface area contributed by atoms with Gasteiger partial charge >= 0.3 is 0 Å². The van der Waals surface area contributed by atoms with E-state index < -0.39 is 30.8 Å². The molecule has 0 spiro atoms. The lowest BCUT2D eigenvalue weighted by atomic mass is 10.2. The lowest BCUT2D eigenvalue weighted by Gasteiger charge is -2.18. The van der Waals surface area contributed by atoms with Crippen LogP contribution in [0.1, 0.15) is 9.67 Å². The Labute approximate surface area is 123 Å². The van der Waals surface area contributed by atoms with Crippen molar-refractivity contribution in [2.75, 3.05) is 18.8 Å². The number of nitrogens with zero attached hydrogens (tertiary/aromatic N) is 2. The van der Waals surface area contributed by atoms with Crippen molar-refractivity contribution in [3.05, 3.63) is 23.3 Å². The van der Waals surface area contributed by atoms with Gasteiger partial charge in [0.05, 0.1) is 10.4 Å². The minimum absolute atomic E-state index is 0.223. The molecule has 0 bridgehead atoms. The lowest BCUT2D eigenvalue weighted by Crippen LogP contribution is -2.43. The second-order valence-corrected chi connectivity index (χ2v) is 5.36. The first-order valence-corrected chi connectivity index (χ1v) is 6.69. The number of carbonyl (C=O) groups is 3. The highest BCUT2D eigenvalue weighted by molar-refractivity contribution is 7.21. The third-order valence-corrected chi connectivity index (χ3v) is 3.85. The van der Waals surface area contributed by atoms with Crippen molar-refractivity contribution in [2.45, 2.75) is 0 Å². The highest BCUT2D eigenvalue weighted by Crippen LogP contribution is 2.33. The molecule has 110 valence electrons. The Morgan fingerprint density at radius 2 is 1.81 bits per heavy atom. The van der Waals surface area contributed by atoms with E-state index in [4.69, 9.17) is 17.2 Å². The molecule has 0 radical (unpaired) electrons. The normalized spacial score (nSPS) is 10.5. The highest BCUT2D eigenvalue weighted by atomic mass is 32.1. The number of anilines is 1. The standard InChI is InChI=1S/C12H13N5O3S/c13-8(18)4-17(5-9(14)19)12(20)11-10(15)6-1-2-16-3-7(6)21-11/h1-3H,4-5,15H2,(H2,13,18)(H2,14,19). The Balaban J connectivity index is 2.40. The van der Waals surface area contributed by atoms with Crippen LogP contribution in [-0.2, 0) is 9.59 Å². The highest BCUT2D eigenvalue weighted by Gasteiger charge is 2.24. The number of thiophene rings is 1. The summed E-state index contributed by atoms with van der Waals surface area (Å²) >= 11 is 1.13. The molecule has 0 fully saturated rings. The average molecular weight is 307 g/mol. The average Bonchev–Trinajstić information content (AvgIpc) is 2.74. The number of carbonyl (C=O) groups excluding carboxylic acids is 3. The maximum Gasteiger partial charge on any atom is 0.267 e. The van der Waals surface area contributed by atoms with Crippen LogP contribution in [0.15, 0.2) is 18.5 Å². The Kier molecular flexibility index (Phi) is 4.03. The second kappa shape index (κ2) is 5.75. The number of aromatic nitrogens is 1. The monoisotopic (exact) mass is 307 g/mol. The number of pyridine rings is 1. The van der Waals surface area contributed by atoms with Gasteiger partial charge in [-0.25, -0.2) is 0 Å². The van der Waals surface area contributed by atoms with Crippen molar-refractivity contribution in [3.63, 3.8) is 0 Å². The molecule has 0 aliphatic heterocycles. The van der Waals surface area contributed by atoms with E-state index in [0.29, 0.717) is 5.39 Å². The molecule has 2 aromatic rings. The van der Waals surface area contributed by atoms with E-state index >= 15 is 0 Å². The molecule has 21 heavy (non-hydrogen) atoms.